The van der Waals surface area contributed by atoms with E-state index in [4.69, 9.17) is 5.73 Å². The standard InChI is InChI=1S/C26H29F3N6O.CH4/c1-34-11-13-35(14-12-34)21-8-4-7-20(16-21)32-25-31-17-22(26(27,28)29)23(33-25)10-9-18-5-2-3-6-19(18)15-24(30)36;/h2-8,16-17H,9-15H2,1H3,(H2,30,36)(H,31,32,33);1H4. The molecule has 0 unspecified atom stereocenters. The first-order valence-electron chi connectivity index (χ1n) is 11.8. The maximum absolute atomic E-state index is 13.7. The summed E-state index contributed by atoms with van der Waals surface area (Å²) in [5.41, 5.74) is 7.54. The Bertz CT molecular complexity index is 1210. The molecule has 0 aliphatic carbocycles. The third-order valence-electron chi connectivity index (χ3n) is 6.26. The number of aromatic nitrogens is 2. The zero-order chi connectivity index (χ0) is 25.7. The van der Waals surface area contributed by atoms with Crippen LogP contribution in [-0.2, 0) is 30.2 Å². The number of alkyl halides is 3. The number of nitrogens with zero attached hydrogens (tertiary/aromatic N) is 4. The van der Waals surface area contributed by atoms with Crippen LogP contribution in [0.25, 0.3) is 0 Å². The van der Waals surface area contributed by atoms with E-state index in [1.807, 2.05) is 24.3 Å². The molecule has 1 fully saturated rings. The monoisotopic (exact) mass is 514 g/mol. The molecular formula is C27H33F3N6O. The molecule has 0 bridgehead atoms. The molecule has 7 nitrogen and oxygen atoms in total. The van der Waals surface area contributed by atoms with E-state index in [0.29, 0.717) is 11.3 Å². The van der Waals surface area contributed by atoms with Gasteiger partial charge < -0.3 is 20.9 Å². The second-order valence-corrected chi connectivity index (χ2v) is 8.93. The quantitative estimate of drug-likeness (QED) is 0.462. The van der Waals surface area contributed by atoms with Crippen LogP contribution in [0.3, 0.4) is 0 Å². The molecule has 198 valence electrons. The number of halogens is 3. The maximum atomic E-state index is 13.7. The normalized spacial score (nSPS) is 14.2. The third kappa shape index (κ3) is 7.42. The van der Waals surface area contributed by atoms with Gasteiger partial charge in [0.15, 0.2) is 0 Å². The Morgan fingerprint density at radius 1 is 1.03 bits per heavy atom. The molecular weight excluding hydrogens is 481 g/mol. The summed E-state index contributed by atoms with van der Waals surface area (Å²) in [6, 6.07) is 14.8. The highest BCUT2D eigenvalue weighted by molar-refractivity contribution is 5.77. The Balaban J connectivity index is 0.00000380. The number of aryl methyl sites for hydroxylation is 2. The number of nitrogens with two attached hydrogens (primary N) is 1. The number of carbonyl (C=O) groups is 1. The number of rotatable bonds is 8. The molecule has 37 heavy (non-hydrogen) atoms. The van der Waals surface area contributed by atoms with Crippen LogP contribution in [0.15, 0.2) is 54.7 Å². The number of likely N-dealkylation sites (N-methyl/N-ethyl adjacent to an activating group) is 1. The summed E-state index contributed by atoms with van der Waals surface area (Å²) < 4.78 is 41.1. The Labute approximate surface area is 215 Å². The first-order chi connectivity index (χ1) is 17.2. The van der Waals surface area contributed by atoms with E-state index in [2.05, 4.69) is 32.1 Å². The van der Waals surface area contributed by atoms with E-state index in [9.17, 15) is 18.0 Å². The van der Waals surface area contributed by atoms with Crippen LogP contribution >= 0.6 is 0 Å². The molecule has 0 radical (unpaired) electrons. The molecule has 1 aliphatic heterocycles. The van der Waals surface area contributed by atoms with E-state index < -0.39 is 17.6 Å². The van der Waals surface area contributed by atoms with Gasteiger partial charge in [0.25, 0.3) is 0 Å². The van der Waals surface area contributed by atoms with Crippen LogP contribution in [0.4, 0.5) is 30.5 Å². The van der Waals surface area contributed by atoms with Crippen molar-refractivity contribution in [3.8, 4) is 0 Å². The number of carbonyl (C=O) groups excluding carboxylic acids is 1. The van der Waals surface area contributed by atoms with Crippen molar-refractivity contribution in [2.75, 3.05) is 43.4 Å². The number of amides is 1. The molecule has 2 aromatic carbocycles. The lowest BCUT2D eigenvalue weighted by Gasteiger charge is -2.34. The van der Waals surface area contributed by atoms with Gasteiger partial charge in [-0.1, -0.05) is 37.8 Å². The maximum Gasteiger partial charge on any atom is 0.419 e. The van der Waals surface area contributed by atoms with Crippen LogP contribution in [-0.4, -0.2) is 54.0 Å². The highest BCUT2D eigenvalue weighted by atomic mass is 19.4. The first kappa shape index (κ1) is 27.9. The molecule has 1 saturated heterocycles. The van der Waals surface area contributed by atoms with Crippen molar-refractivity contribution >= 4 is 23.2 Å². The van der Waals surface area contributed by atoms with Gasteiger partial charge in [-0.2, -0.15) is 13.2 Å². The minimum Gasteiger partial charge on any atom is -0.369 e. The van der Waals surface area contributed by atoms with Gasteiger partial charge in [-0.05, 0) is 49.2 Å². The van der Waals surface area contributed by atoms with Crippen molar-refractivity contribution in [3.05, 3.63) is 77.1 Å². The topological polar surface area (TPSA) is 87.4 Å². The number of hydrogen-bond donors (Lipinski definition) is 2. The average molecular weight is 515 g/mol. The number of anilines is 3. The molecule has 2 heterocycles. The molecule has 4 rings (SSSR count). The number of piperazine rings is 1. The van der Waals surface area contributed by atoms with Gasteiger partial charge in [0.2, 0.25) is 11.9 Å². The van der Waals surface area contributed by atoms with Crippen molar-refractivity contribution in [1.29, 1.82) is 0 Å². The highest BCUT2D eigenvalue weighted by Gasteiger charge is 2.35. The van der Waals surface area contributed by atoms with Gasteiger partial charge >= 0.3 is 6.18 Å². The minimum atomic E-state index is -4.58. The molecule has 0 spiro atoms. The van der Waals surface area contributed by atoms with Gasteiger partial charge in [-0.15, -0.1) is 0 Å². The Hall–Kier alpha value is -3.66. The van der Waals surface area contributed by atoms with Gasteiger partial charge in [0.1, 0.15) is 0 Å². The lowest BCUT2D eigenvalue weighted by molar-refractivity contribution is -0.138. The van der Waals surface area contributed by atoms with E-state index in [1.54, 1.807) is 24.3 Å². The summed E-state index contributed by atoms with van der Waals surface area (Å²) in [5.74, 6) is -0.398. The fraction of sp³-hybridized carbons (Fsp3) is 0.370. The van der Waals surface area contributed by atoms with Crippen LogP contribution in [0, 0.1) is 0 Å². The number of nitrogens with one attached hydrogen (secondary N) is 1. The van der Waals surface area contributed by atoms with Gasteiger partial charge in [-0.25, -0.2) is 9.97 Å². The summed E-state index contributed by atoms with van der Waals surface area (Å²) in [4.78, 5) is 24.1. The van der Waals surface area contributed by atoms with Gasteiger partial charge in [-0.3, -0.25) is 4.79 Å². The SMILES string of the molecule is C.CN1CCN(c2cccc(Nc3ncc(C(F)(F)F)c(CCc4ccccc4CC(N)=O)n3)c2)CC1. The van der Waals surface area contributed by atoms with E-state index in [1.165, 1.54) is 0 Å². The summed E-state index contributed by atoms with van der Waals surface area (Å²) in [6.45, 7) is 3.73. The summed E-state index contributed by atoms with van der Waals surface area (Å²) in [5, 5.41) is 3.06. The second-order valence-electron chi connectivity index (χ2n) is 8.93. The largest absolute Gasteiger partial charge is 0.419 e. The van der Waals surface area contributed by atoms with Crippen molar-refractivity contribution in [1.82, 2.24) is 14.9 Å². The molecule has 1 aromatic heterocycles. The van der Waals surface area contributed by atoms with E-state index in [-0.39, 0.29) is 38.3 Å². The zero-order valence-corrected chi connectivity index (χ0v) is 20.1. The summed E-state index contributed by atoms with van der Waals surface area (Å²) in [7, 11) is 2.09. The van der Waals surface area contributed by atoms with Crippen LogP contribution in [0.1, 0.15) is 29.8 Å². The van der Waals surface area contributed by atoms with Crippen molar-refractivity contribution < 1.29 is 18.0 Å². The summed E-state index contributed by atoms with van der Waals surface area (Å²) in [6.07, 6.45) is -3.42. The Kier molecular flexibility index (Phi) is 9.09. The molecule has 1 aliphatic rings. The van der Waals surface area contributed by atoms with Crippen molar-refractivity contribution in [3.63, 3.8) is 0 Å². The van der Waals surface area contributed by atoms with Gasteiger partial charge in [0.05, 0.1) is 17.7 Å². The predicted octanol–water partition coefficient (Wildman–Crippen LogP) is 4.44. The summed E-state index contributed by atoms with van der Waals surface area (Å²) >= 11 is 0. The third-order valence-corrected chi connectivity index (χ3v) is 6.26. The van der Waals surface area contributed by atoms with Crippen LogP contribution < -0.4 is 16.0 Å². The minimum absolute atomic E-state index is 0. The van der Waals surface area contributed by atoms with Crippen LogP contribution in [0.5, 0.6) is 0 Å². The average Bonchev–Trinajstić information content (AvgIpc) is 2.83. The highest BCUT2D eigenvalue weighted by Crippen LogP contribution is 2.32. The number of benzene rings is 2. The van der Waals surface area contributed by atoms with E-state index in [0.717, 1.165) is 43.6 Å². The Morgan fingerprint density at radius 2 is 1.73 bits per heavy atom. The molecule has 0 saturated carbocycles. The lowest BCUT2D eigenvalue weighted by Crippen LogP contribution is -2.44. The smallest absolute Gasteiger partial charge is 0.369 e. The molecule has 3 N–H and O–H groups in total. The van der Waals surface area contributed by atoms with Crippen LogP contribution in [0.2, 0.25) is 0 Å². The number of hydrogen-bond acceptors (Lipinski definition) is 6. The molecule has 3 aromatic rings. The van der Waals surface area contributed by atoms with Crippen molar-refractivity contribution in [2.24, 2.45) is 5.73 Å². The molecule has 1 amide bonds. The second kappa shape index (κ2) is 12.1. The fourth-order valence-electron chi connectivity index (χ4n) is 4.29. The molecule has 10 heteroatoms. The Morgan fingerprint density at radius 3 is 2.41 bits per heavy atom. The van der Waals surface area contributed by atoms with Gasteiger partial charge in [0, 0.05) is 43.8 Å². The lowest BCUT2D eigenvalue weighted by atomic mass is 9.98. The van der Waals surface area contributed by atoms with Crippen molar-refractivity contribution in [2.45, 2.75) is 32.9 Å². The first-order valence-corrected chi connectivity index (χ1v) is 11.8. The number of primary amides is 1. The molecule has 0 atom stereocenters. The van der Waals surface area contributed by atoms with E-state index >= 15 is 0 Å². The zero-order valence-electron chi connectivity index (χ0n) is 20.1. The fourth-order valence-corrected chi connectivity index (χ4v) is 4.29. The predicted molar refractivity (Wildman–Crippen MR) is 140 cm³/mol.